The van der Waals surface area contributed by atoms with Gasteiger partial charge < -0.3 is 4.90 Å². The summed E-state index contributed by atoms with van der Waals surface area (Å²) in [6.45, 7) is 6.91. The summed E-state index contributed by atoms with van der Waals surface area (Å²) in [6, 6.07) is 0.0358. The Morgan fingerprint density at radius 3 is 2.62 bits per heavy atom. The third-order valence-corrected chi connectivity index (χ3v) is 2.91. The van der Waals surface area contributed by atoms with E-state index in [9.17, 15) is 4.79 Å². The van der Waals surface area contributed by atoms with Crippen molar-refractivity contribution in [2.24, 2.45) is 0 Å². The largest absolute Gasteiger partial charge is 0.329 e. The van der Waals surface area contributed by atoms with Gasteiger partial charge in [0.2, 0.25) is 0 Å². The van der Waals surface area contributed by atoms with Gasteiger partial charge in [0.05, 0.1) is 0 Å². The lowest BCUT2D eigenvalue weighted by Crippen LogP contribution is -2.49. The summed E-state index contributed by atoms with van der Waals surface area (Å²) in [5.74, 6) is 0. The van der Waals surface area contributed by atoms with Crippen LogP contribution < -0.4 is 0 Å². The first-order valence-electron chi connectivity index (χ1n) is 5.81. The molecule has 1 aromatic rings. The molecule has 1 aliphatic rings. The molecule has 0 radical (unpaired) electrons. The van der Waals surface area contributed by atoms with Crippen LogP contribution in [0.15, 0.2) is 18.7 Å². The topological polar surface area (TPSA) is 41.4 Å². The molecule has 1 aromatic heterocycles. The predicted molar refractivity (Wildman–Crippen MR) is 61.3 cm³/mol. The maximum Gasteiger partial charge on any atom is 0.329 e. The van der Waals surface area contributed by atoms with Crippen LogP contribution in [0.25, 0.3) is 0 Å². The molecular formula is C11H18N4O. The molecule has 2 rings (SSSR count). The second-order valence-corrected chi connectivity index (χ2v) is 4.08. The van der Waals surface area contributed by atoms with E-state index in [1.165, 1.54) is 11.0 Å². The molecule has 0 unspecified atom stereocenters. The molecule has 2 heterocycles. The average molecular weight is 222 g/mol. The summed E-state index contributed by atoms with van der Waals surface area (Å²) < 4.78 is 1.54. The van der Waals surface area contributed by atoms with Crippen LogP contribution in [0.2, 0.25) is 0 Å². The van der Waals surface area contributed by atoms with Gasteiger partial charge in [-0.2, -0.15) is 0 Å². The molecule has 1 fully saturated rings. The van der Waals surface area contributed by atoms with E-state index in [1.54, 1.807) is 18.7 Å². The highest BCUT2D eigenvalue weighted by Crippen LogP contribution is 2.04. The third kappa shape index (κ3) is 2.41. The Bertz CT molecular complexity index is 328. The van der Waals surface area contributed by atoms with Gasteiger partial charge in [-0.05, 0) is 13.0 Å². The molecule has 88 valence electrons. The van der Waals surface area contributed by atoms with Crippen molar-refractivity contribution in [3.05, 3.63) is 18.7 Å². The number of amides is 1. The van der Waals surface area contributed by atoms with Gasteiger partial charge in [0.1, 0.15) is 6.33 Å². The Kier molecular flexibility index (Phi) is 3.56. The van der Waals surface area contributed by atoms with Crippen LogP contribution in [0.3, 0.4) is 0 Å². The molecule has 0 aromatic carbocycles. The summed E-state index contributed by atoms with van der Waals surface area (Å²) in [5, 5.41) is 0. The zero-order valence-corrected chi connectivity index (χ0v) is 9.67. The van der Waals surface area contributed by atoms with Gasteiger partial charge in [0.15, 0.2) is 0 Å². The normalized spacial score (nSPS) is 17.7. The van der Waals surface area contributed by atoms with Crippen LogP contribution in [0.1, 0.15) is 13.3 Å². The van der Waals surface area contributed by atoms with E-state index >= 15 is 0 Å². The van der Waals surface area contributed by atoms with E-state index < -0.39 is 0 Å². The summed E-state index contributed by atoms with van der Waals surface area (Å²) in [7, 11) is 0. The van der Waals surface area contributed by atoms with Gasteiger partial charge >= 0.3 is 6.03 Å². The third-order valence-electron chi connectivity index (χ3n) is 2.91. The lowest BCUT2D eigenvalue weighted by molar-refractivity contribution is 0.140. The van der Waals surface area contributed by atoms with Crippen LogP contribution in [0, 0.1) is 0 Å². The number of piperazine rings is 1. The van der Waals surface area contributed by atoms with E-state index in [-0.39, 0.29) is 6.03 Å². The van der Waals surface area contributed by atoms with E-state index in [0.29, 0.717) is 0 Å². The quantitative estimate of drug-likeness (QED) is 0.746. The SMILES string of the molecule is CCCN1CCN(C(=O)n2ccnc2)CC1. The molecule has 0 atom stereocenters. The number of hydrogen-bond donors (Lipinski definition) is 0. The summed E-state index contributed by atoms with van der Waals surface area (Å²) in [6.07, 6.45) is 6.06. The van der Waals surface area contributed by atoms with Gasteiger partial charge in [0.25, 0.3) is 0 Å². The molecule has 0 bridgehead atoms. The van der Waals surface area contributed by atoms with Crippen molar-refractivity contribution in [1.82, 2.24) is 19.4 Å². The molecule has 1 aliphatic heterocycles. The molecule has 0 spiro atoms. The zero-order chi connectivity index (χ0) is 11.4. The zero-order valence-electron chi connectivity index (χ0n) is 9.67. The van der Waals surface area contributed by atoms with Crippen molar-refractivity contribution in [2.45, 2.75) is 13.3 Å². The molecular weight excluding hydrogens is 204 g/mol. The maximum atomic E-state index is 12.0. The Balaban J connectivity index is 1.87. The second kappa shape index (κ2) is 5.12. The van der Waals surface area contributed by atoms with Crippen molar-refractivity contribution >= 4 is 6.03 Å². The highest BCUT2D eigenvalue weighted by atomic mass is 16.2. The number of carbonyl (C=O) groups excluding carboxylic acids is 1. The summed E-state index contributed by atoms with van der Waals surface area (Å²) in [4.78, 5) is 20.1. The van der Waals surface area contributed by atoms with Crippen molar-refractivity contribution in [2.75, 3.05) is 32.7 Å². The first-order chi connectivity index (χ1) is 7.81. The fourth-order valence-corrected chi connectivity index (χ4v) is 2.01. The Labute approximate surface area is 95.7 Å². The van der Waals surface area contributed by atoms with Crippen molar-refractivity contribution < 1.29 is 4.79 Å². The van der Waals surface area contributed by atoms with E-state index in [0.717, 1.165) is 32.7 Å². The smallest absolute Gasteiger partial charge is 0.321 e. The van der Waals surface area contributed by atoms with E-state index in [4.69, 9.17) is 0 Å². The molecule has 0 saturated carbocycles. The number of aromatic nitrogens is 2. The van der Waals surface area contributed by atoms with Crippen molar-refractivity contribution in [3.8, 4) is 0 Å². The van der Waals surface area contributed by atoms with Gasteiger partial charge in [-0.25, -0.2) is 9.78 Å². The number of hydrogen-bond acceptors (Lipinski definition) is 3. The first-order valence-corrected chi connectivity index (χ1v) is 5.81. The Morgan fingerprint density at radius 2 is 2.06 bits per heavy atom. The van der Waals surface area contributed by atoms with Crippen LogP contribution in [0.4, 0.5) is 4.79 Å². The van der Waals surface area contributed by atoms with Gasteiger partial charge in [-0.15, -0.1) is 0 Å². The molecule has 0 aliphatic carbocycles. The predicted octanol–water partition coefficient (Wildman–Crippen LogP) is 0.879. The molecule has 1 saturated heterocycles. The van der Waals surface area contributed by atoms with Crippen LogP contribution in [-0.2, 0) is 0 Å². The van der Waals surface area contributed by atoms with Gasteiger partial charge in [-0.3, -0.25) is 9.47 Å². The maximum absolute atomic E-state index is 12.0. The fraction of sp³-hybridized carbons (Fsp3) is 0.636. The lowest BCUT2D eigenvalue weighted by Gasteiger charge is -2.34. The summed E-state index contributed by atoms with van der Waals surface area (Å²) >= 11 is 0. The van der Waals surface area contributed by atoms with Gasteiger partial charge in [0, 0.05) is 38.6 Å². The van der Waals surface area contributed by atoms with Crippen LogP contribution in [0.5, 0.6) is 0 Å². The average Bonchev–Trinajstić information content (AvgIpc) is 2.83. The first kappa shape index (κ1) is 11.1. The molecule has 5 heteroatoms. The second-order valence-electron chi connectivity index (χ2n) is 4.08. The number of rotatable bonds is 2. The molecule has 16 heavy (non-hydrogen) atoms. The monoisotopic (exact) mass is 222 g/mol. The number of carbonyl (C=O) groups is 1. The van der Waals surface area contributed by atoms with E-state index in [2.05, 4.69) is 16.8 Å². The van der Waals surface area contributed by atoms with Crippen molar-refractivity contribution in [3.63, 3.8) is 0 Å². The van der Waals surface area contributed by atoms with Crippen LogP contribution in [-0.4, -0.2) is 58.1 Å². The minimum atomic E-state index is 0.0358. The van der Waals surface area contributed by atoms with Gasteiger partial charge in [-0.1, -0.05) is 6.92 Å². The number of imidazole rings is 1. The molecule has 5 nitrogen and oxygen atoms in total. The lowest BCUT2D eigenvalue weighted by atomic mass is 10.3. The Hall–Kier alpha value is -1.36. The minimum absolute atomic E-state index is 0.0358. The van der Waals surface area contributed by atoms with E-state index in [1.807, 2.05) is 4.90 Å². The molecule has 1 amide bonds. The van der Waals surface area contributed by atoms with Crippen molar-refractivity contribution in [1.29, 1.82) is 0 Å². The Morgan fingerprint density at radius 1 is 1.31 bits per heavy atom. The fourth-order valence-electron chi connectivity index (χ4n) is 2.01. The minimum Gasteiger partial charge on any atom is -0.321 e. The highest BCUT2D eigenvalue weighted by molar-refractivity contribution is 5.76. The highest BCUT2D eigenvalue weighted by Gasteiger charge is 2.21. The summed E-state index contributed by atoms with van der Waals surface area (Å²) in [5.41, 5.74) is 0. The number of nitrogens with zero attached hydrogens (tertiary/aromatic N) is 4. The standard InChI is InChI=1S/C11H18N4O/c1-2-4-13-6-8-14(9-7-13)11(16)15-5-3-12-10-15/h3,5,10H,2,4,6-9H2,1H3. The van der Waals surface area contributed by atoms with Crippen LogP contribution >= 0.6 is 0 Å². The molecule has 0 N–H and O–H groups in total.